The van der Waals surface area contributed by atoms with E-state index in [1.807, 2.05) is 25.2 Å². The topological polar surface area (TPSA) is 19.1 Å². The number of imidazole rings is 1. The minimum Gasteiger partial charge on any atom is -0.326 e. The smallest absolute Gasteiger partial charge is 0.326 e. The van der Waals surface area contributed by atoms with E-state index in [0.717, 1.165) is 28.3 Å². The van der Waals surface area contributed by atoms with Gasteiger partial charge in [-0.3, -0.25) is 17.1 Å². The van der Waals surface area contributed by atoms with Crippen molar-refractivity contribution in [2.24, 2.45) is 7.05 Å². The Bertz CT molecular complexity index is 803. The summed E-state index contributed by atoms with van der Waals surface area (Å²) >= 11 is 0. The molecule has 0 fully saturated rings. The van der Waals surface area contributed by atoms with E-state index in [9.17, 15) is 0 Å². The van der Waals surface area contributed by atoms with Gasteiger partial charge in [0.1, 0.15) is 7.05 Å². The van der Waals surface area contributed by atoms with Crippen molar-refractivity contribution in [3.8, 4) is 0 Å². The van der Waals surface area contributed by atoms with Gasteiger partial charge in [-0.15, -0.1) is 11.5 Å². The summed E-state index contributed by atoms with van der Waals surface area (Å²) < 4.78 is 10.3. The summed E-state index contributed by atoms with van der Waals surface area (Å²) in [5.74, 6) is 0.935. The average molecular weight is 263 g/mol. The van der Waals surface area contributed by atoms with Crippen LogP contribution in [-0.2, 0) is 7.05 Å². The van der Waals surface area contributed by atoms with E-state index in [4.69, 9.17) is 4.42 Å². The van der Waals surface area contributed by atoms with Crippen molar-refractivity contribution in [1.82, 2.24) is 0 Å². The molecule has 0 bridgehead atoms. The van der Waals surface area contributed by atoms with Crippen molar-refractivity contribution in [3.05, 3.63) is 78.4 Å². The van der Waals surface area contributed by atoms with Crippen LogP contribution in [0.5, 0.6) is 0 Å². The highest BCUT2D eigenvalue weighted by Crippen LogP contribution is 2.34. The van der Waals surface area contributed by atoms with Gasteiger partial charge in [-0.05, 0) is 6.92 Å². The van der Waals surface area contributed by atoms with Crippen LogP contribution in [0.25, 0.3) is 11.0 Å². The Morgan fingerprint density at radius 2 is 2.10 bits per heavy atom. The molecule has 3 aromatic rings. The van der Waals surface area contributed by atoms with Crippen LogP contribution in [0.15, 0.2) is 53.4 Å². The number of nitrogens with zero attached hydrogens (tertiary/aromatic N) is 2. The molecular formula is C17H15N2O-. The molecule has 2 aromatic heterocycles. The Morgan fingerprint density at radius 1 is 1.25 bits per heavy atom. The molecule has 1 aromatic carbocycles. The van der Waals surface area contributed by atoms with Crippen molar-refractivity contribution >= 4 is 11.0 Å². The number of furan rings is 1. The van der Waals surface area contributed by atoms with Crippen LogP contribution in [0, 0.1) is 19.4 Å². The minimum absolute atomic E-state index is 0.934. The highest BCUT2D eigenvalue weighted by molar-refractivity contribution is 5.85. The summed E-state index contributed by atoms with van der Waals surface area (Å²) in [6.07, 6.45) is 10.5. The Labute approximate surface area is 117 Å². The van der Waals surface area contributed by atoms with Gasteiger partial charge >= 0.3 is 6.33 Å². The molecule has 100 valence electrons. The van der Waals surface area contributed by atoms with Gasteiger partial charge in [0.15, 0.2) is 5.76 Å². The zero-order chi connectivity index (χ0) is 13.7. The number of allylic oxidation sites excluding steroid dienone is 2. The molecular weight excluding hydrogens is 248 g/mol. The molecule has 2 heterocycles. The van der Waals surface area contributed by atoms with Gasteiger partial charge in [-0.2, -0.15) is 0 Å². The van der Waals surface area contributed by atoms with E-state index >= 15 is 0 Å². The number of aromatic nitrogens is 2. The first-order chi connectivity index (χ1) is 9.74. The van der Waals surface area contributed by atoms with E-state index in [0.29, 0.717) is 0 Å². The molecule has 20 heavy (non-hydrogen) atoms. The maximum absolute atomic E-state index is 6.06. The summed E-state index contributed by atoms with van der Waals surface area (Å²) in [4.78, 5) is 0. The molecule has 0 unspecified atom stereocenters. The molecule has 0 saturated carbocycles. The van der Waals surface area contributed by atoms with E-state index in [1.54, 1.807) is 0 Å². The normalized spacial score (nSPS) is 13.6. The molecule has 0 amide bonds. The van der Waals surface area contributed by atoms with Crippen LogP contribution in [0.3, 0.4) is 0 Å². The van der Waals surface area contributed by atoms with Gasteiger partial charge in [0.25, 0.3) is 0 Å². The summed E-state index contributed by atoms with van der Waals surface area (Å²) in [6, 6.07) is 9.24. The fourth-order valence-electron chi connectivity index (χ4n) is 2.67. The molecule has 0 N–H and O–H groups in total. The SMILES string of the molecule is C[c-]1c[n+]([C-]2C=C[CH-]c3c4ccccc4[o+][c-]32)c[n+]1C. The molecule has 0 saturated heterocycles. The first-order valence-corrected chi connectivity index (χ1v) is 6.69. The van der Waals surface area contributed by atoms with Crippen molar-refractivity contribution < 1.29 is 13.6 Å². The fraction of sp³-hybridized carbons (Fsp3) is 0.118. The van der Waals surface area contributed by atoms with E-state index in [1.165, 1.54) is 5.69 Å². The highest BCUT2D eigenvalue weighted by atomic mass is 16.3. The molecule has 1 aliphatic carbocycles. The summed E-state index contributed by atoms with van der Waals surface area (Å²) in [6.45, 7) is 2.09. The van der Waals surface area contributed by atoms with Crippen molar-refractivity contribution in [2.75, 3.05) is 0 Å². The summed E-state index contributed by atoms with van der Waals surface area (Å²) in [5, 5.41) is 1.16. The van der Waals surface area contributed by atoms with Gasteiger partial charge in [0.2, 0.25) is 5.58 Å². The predicted octanol–water partition coefficient (Wildman–Crippen LogP) is 2.12. The first kappa shape index (κ1) is 11.3. The summed E-state index contributed by atoms with van der Waals surface area (Å²) in [7, 11) is 2.05. The van der Waals surface area contributed by atoms with Crippen molar-refractivity contribution in [2.45, 2.75) is 6.92 Å². The summed E-state index contributed by atoms with van der Waals surface area (Å²) in [5.41, 5.74) is 3.30. The first-order valence-electron chi connectivity index (χ1n) is 6.69. The standard InChI is InChI=1S/C17H15N2O/c1-12-10-19(11-18(12)2)15-8-5-7-14-13-6-3-4-9-16(13)20-17(14)15/h3-11H,1-2H3/q-1. The van der Waals surface area contributed by atoms with Crippen LogP contribution >= 0.6 is 0 Å². The largest absolute Gasteiger partial charge is 0.331 e. The molecule has 0 aliphatic heterocycles. The molecule has 3 heteroatoms. The molecule has 0 spiro atoms. The number of hydrogen-bond acceptors (Lipinski definition) is 0. The second-order valence-electron chi connectivity index (χ2n) is 5.16. The van der Waals surface area contributed by atoms with E-state index in [-0.39, 0.29) is 0 Å². The zero-order valence-corrected chi connectivity index (χ0v) is 11.5. The number of para-hydroxylation sites is 1. The molecule has 0 atom stereocenters. The van der Waals surface area contributed by atoms with Crippen molar-refractivity contribution in [3.63, 3.8) is 0 Å². The second-order valence-corrected chi connectivity index (χ2v) is 5.16. The number of aryl methyl sites for hydroxylation is 2. The average Bonchev–Trinajstić information content (AvgIpc) is 2.99. The van der Waals surface area contributed by atoms with Gasteiger partial charge in [-0.1, -0.05) is 12.1 Å². The minimum atomic E-state index is 0.934. The lowest BCUT2D eigenvalue weighted by Crippen LogP contribution is -2.42. The molecule has 0 radical (unpaired) electrons. The van der Waals surface area contributed by atoms with Crippen LogP contribution in [0.1, 0.15) is 17.0 Å². The van der Waals surface area contributed by atoms with E-state index < -0.39 is 0 Å². The quantitative estimate of drug-likeness (QED) is 0.374. The second kappa shape index (κ2) is 3.97. The Balaban J connectivity index is 1.91. The van der Waals surface area contributed by atoms with Crippen LogP contribution in [-0.4, -0.2) is 0 Å². The number of hydrogen-bond donors (Lipinski definition) is 0. The molecule has 3 nitrogen and oxygen atoms in total. The van der Waals surface area contributed by atoms with Gasteiger partial charge < -0.3 is 4.42 Å². The number of benzene rings is 1. The van der Waals surface area contributed by atoms with Crippen LogP contribution in [0.4, 0.5) is 0 Å². The monoisotopic (exact) mass is 263 g/mol. The third-order valence-electron chi connectivity index (χ3n) is 3.84. The van der Waals surface area contributed by atoms with E-state index in [2.05, 4.69) is 53.2 Å². The maximum Gasteiger partial charge on any atom is 0.331 e. The fourth-order valence-corrected chi connectivity index (χ4v) is 2.67. The van der Waals surface area contributed by atoms with Crippen LogP contribution < -0.4 is 9.13 Å². The van der Waals surface area contributed by atoms with Gasteiger partial charge in [0, 0.05) is 6.07 Å². The highest BCUT2D eigenvalue weighted by Gasteiger charge is 2.21. The van der Waals surface area contributed by atoms with Crippen molar-refractivity contribution in [1.29, 1.82) is 0 Å². The lowest BCUT2D eigenvalue weighted by atomic mass is 9.98. The Morgan fingerprint density at radius 3 is 2.90 bits per heavy atom. The van der Waals surface area contributed by atoms with Gasteiger partial charge in [0.05, 0.1) is 17.9 Å². The third-order valence-corrected chi connectivity index (χ3v) is 3.84. The maximum atomic E-state index is 6.06. The van der Waals surface area contributed by atoms with Gasteiger partial charge in [-0.25, -0.2) is 16.2 Å². The lowest BCUT2D eigenvalue weighted by molar-refractivity contribution is -0.763. The zero-order valence-electron chi connectivity index (χ0n) is 11.5. The van der Waals surface area contributed by atoms with Crippen LogP contribution in [0.2, 0.25) is 0 Å². The number of rotatable bonds is 1. The molecule has 1 aliphatic rings. The third kappa shape index (κ3) is 1.50. The molecule has 4 rings (SSSR count). The number of fused-ring (bicyclic) bond motifs is 3. The Kier molecular flexibility index (Phi) is 2.24. The Hall–Kier alpha value is -2.55. The predicted molar refractivity (Wildman–Crippen MR) is 74.6 cm³/mol. The lowest BCUT2D eigenvalue weighted by Gasteiger charge is -2.24.